The predicted molar refractivity (Wildman–Crippen MR) is 114 cm³/mol. The summed E-state index contributed by atoms with van der Waals surface area (Å²) in [4.78, 5) is 28.4. The van der Waals surface area contributed by atoms with Gasteiger partial charge in [-0.2, -0.15) is 0 Å². The van der Waals surface area contributed by atoms with E-state index in [0.29, 0.717) is 20.4 Å². The second-order valence-electron chi connectivity index (χ2n) is 5.88. The van der Waals surface area contributed by atoms with Gasteiger partial charge in [-0.25, -0.2) is 4.79 Å². The third-order valence-electron chi connectivity index (χ3n) is 3.95. The van der Waals surface area contributed by atoms with Crippen molar-refractivity contribution < 1.29 is 9.84 Å². The second kappa shape index (κ2) is 8.15. The number of benzene rings is 2. The highest BCUT2D eigenvalue weighted by atomic mass is 79.9. The van der Waals surface area contributed by atoms with Gasteiger partial charge in [0.2, 0.25) is 5.88 Å². The number of aromatic hydroxyl groups is 1. The summed E-state index contributed by atoms with van der Waals surface area (Å²) in [7, 11) is 2.93. The van der Waals surface area contributed by atoms with E-state index >= 15 is 0 Å². The van der Waals surface area contributed by atoms with Crippen molar-refractivity contribution in [2.45, 2.75) is 0 Å². The minimum atomic E-state index is -0.484. The van der Waals surface area contributed by atoms with E-state index in [-0.39, 0.29) is 11.6 Å². The number of hydrogen-bond donors (Lipinski definition) is 1. The molecule has 0 spiro atoms. The Labute approximate surface area is 176 Å². The fourth-order valence-corrected chi connectivity index (χ4v) is 3.60. The van der Waals surface area contributed by atoms with Crippen LogP contribution in [-0.2, 0) is 14.1 Å². The molecule has 1 heterocycles. The number of phenols is 1. The van der Waals surface area contributed by atoms with Gasteiger partial charge in [0.25, 0.3) is 5.56 Å². The van der Waals surface area contributed by atoms with Crippen molar-refractivity contribution in [2.24, 2.45) is 19.1 Å². The lowest BCUT2D eigenvalue weighted by molar-refractivity contribution is 0.424. The normalized spacial score (nSPS) is 11.1. The summed E-state index contributed by atoms with van der Waals surface area (Å²) >= 11 is 6.56. The Kier molecular flexibility index (Phi) is 5.85. The molecule has 28 heavy (non-hydrogen) atoms. The van der Waals surface area contributed by atoms with Crippen molar-refractivity contribution in [3.63, 3.8) is 0 Å². The Morgan fingerprint density at radius 2 is 1.68 bits per heavy atom. The molecule has 7 nitrogen and oxygen atoms in total. The van der Waals surface area contributed by atoms with Gasteiger partial charge in [-0.3, -0.25) is 18.9 Å². The number of nitrogens with zero attached hydrogens (tertiary/aromatic N) is 3. The maximum absolute atomic E-state index is 12.1. The van der Waals surface area contributed by atoms with Crippen LogP contribution in [0, 0.1) is 0 Å². The van der Waals surface area contributed by atoms with E-state index in [4.69, 9.17) is 4.74 Å². The van der Waals surface area contributed by atoms with Crippen LogP contribution < -0.4 is 16.0 Å². The third kappa shape index (κ3) is 4.10. The zero-order valence-electron chi connectivity index (χ0n) is 14.9. The zero-order valence-corrected chi connectivity index (χ0v) is 18.1. The van der Waals surface area contributed by atoms with E-state index in [1.165, 1.54) is 24.7 Å². The fourth-order valence-electron chi connectivity index (χ4n) is 2.38. The van der Waals surface area contributed by atoms with E-state index < -0.39 is 11.2 Å². The molecule has 2 aromatic carbocycles. The maximum Gasteiger partial charge on any atom is 0.333 e. The van der Waals surface area contributed by atoms with E-state index in [1.54, 1.807) is 42.6 Å². The van der Waals surface area contributed by atoms with Gasteiger partial charge in [0, 0.05) is 20.3 Å². The molecule has 3 rings (SSSR count). The molecule has 1 aromatic heterocycles. The van der Waals surface area contributed by atoms with Gasteiger partial charge in [0.1, 0.15) is 11.4 Å². The number of rotatable bonds is 4. The average Bonchev–Trinajstić information content (AvgIpc) is 2.67. The van der Waals surface area contributed by atoms with Crippen LogP contribution in [0.15, 0.2) is 66.0 Å². The summed E-state index contributed by atoms with van der Waals surface area (Å²) in [5.74, 6) is 0.609. The fraction of sp³-hybridized carbons (Fsp3) is 0.105. The quantitative estimate of drug-likeness (QED) is 0.542. The van der Waals surface area contributed by atoms with Crippen LogP contribution >= 0.6 is 31.9 Å². The first-order valence-electron chi connectivity index (χ1n) is 8.04. The van der Waals surface area contributed by atoms with Gasteiger partial charge in [-0.15, -0.1) is 0 Å². The van der Waals surface area contributed by atoms with Crippen LogP contribution in [0.3, 0.4) is 0 Å². The standard InChI is InChI=1S/C19H15Br2N3O4/c1-23-16(25)9-17(24(2)19(23)27)28-15-6-4-3-5-14(15)22-10-11-7-12(20)18(26)13(21)8-11/h3-10,26H,1-2H3. The minimum Gasteiger partial charge on any atom is -0.506 e. The van der Waals surface area contributed by atoms with Crippen LogP contribution in [0.1, 0.15) is 5.56 Å². The molecule has 0 unspecified atom stereocenters. The van der Waals surface area contributed by atoms with Gasteiger partial charge >= 0.3 is 5.69 Å². The second-order valence-corrected chi connectivity index (χ2v) is 7.59. The molecule has 0 saturated carbocycles. The first kappa shape index (κ1) is 20.1. The maximum atomic E-state index is 12.1. The Morgan fingerprint density at radius 3 is 2.36 bits per heavy atom. The number of para-hydroxylation sites is 2. The Morgan fingerprint density at radius 1 is 1.04 bits per heavy atom. The Hall–Kier alpha value is -2.65. The van der Waals surface area contributed by atoms with Crippen molar-refractivity contribution >= 4 is 43.8 Å². The first-order valence-corrected chi connectivity index (χ1v) is 9.62. The van der Waals surface area contributed by atoms with E-state index in [1.807, 2.05) is 0 Å². The van der Waals surface area contributed by atoms with Crippen LogP contribution in [0.4, 0.5) is 5.69 Å². The van der Waals surface area contributed by atoms with Crippen molar-refractivity contribution in [3.8, 4) is 17.4 Å². The van der Waals surface area contributed by atoms with Crippen molar-refractivity contribution in [1.29, 1.82) is 0 Å². The summed E-state index contributed by atoms with van der Waals surface area (Å²) in [6.45, 7) is 0. The number of aromatic nitrogens is 2. The highest BCUT2D eigenvalue weighted by molar-refractivity contribution is 9.11. The molecule has 1 N–H and O–H groups in total. The molecule has 144 valence electrons. The summed E-state index contributed by atoms with van der Waals surface area (Å²) in [5, 5.41) is 9.80. The molecule has 0 radical (unpaired) electrons. The van der Waals surface area contributed by atoms with Crippen LogP contribution in [0.5, 0.6) is 17.4 Å². The van der Waals surface area contributed by atoms with Gasteiger partial charge < -0.3 is 9.84 Å². The van der Waals surface area contributed by atoms with Crippen molar-refractivity contribution in [2.75, 3.05) is 0 Å². The molecule has 0 atom stereocenters. The van der Waals surface area contributed by atoms with E-state index in [9.17, 15) is 14.7 Å². The zero-order chi connectivity index (χ0) is 20.4. The number of phenolic OH excluding ortho intramolecular Hbond substituents is 1. The van der Waals surface area contributed by atoms with Crippen LogP contribution in [0.2, 0.25) is 0 Å². The number of halogens is 2. The largest absolute Gasteiger partial charge is 0.506 e. The van der Waals surface area contributed by atoms with Gasteiger partial charge in [0.05, 0.1) is 15.0 Å². The van der Waals surface area contributed by atoms with Crippen molar-refractivity contribution in [1.82, 2.24) is 9.13 Å². The summed E-state index contributed by atoms with van der Waals surface area (Å²) in [6, 6.07) is 11.7. The molecule has 9 heteroatoms. The topological polar surface area (TPSA) is 85.8 Å². The molecule has 0 bridgehead atoms. The monoisotopic (exact) mass is 507 g/mol. The molecule has 0 aliphatic carbocycles. The molecule has 0 saturated heterocycles. The first-order chi connectivity index (χ1) is 13.3. The summed E-state index contributed by atoms with van der Waals surface area (Å²) < 4.78 is 9.09. The lowest BCUT2D eigenvalue weighted by atomic mass is 10.2. The molecule has 3 aromatic rings. The minimum absolute atomic E-state index is 0.104. The van der Waals surface area contributed by atoms with Gasteiger partial charge in [-0.1, -0.05) is 12.1 Å². The number of aliphatic imine (C=N–C) groups is 1. The smallest absolute Gasteiger partial charge is 0.333 e. The SMILES string of the molecule is Cn1c(Oc2ccccc2N=Cc2cc(Br)c(O)c(Br)c2)cc(=O)n(C)c1=O. The molecule has 0 amide bonds. The van der Waals surface area contributed by atoms with Gasteiger partial charge in [0.15, 0.2) is 5.75 Å². The molecular weight excluding hydrogens is 494 g/mol. The third-order valence-corrected chi connectivity index (χ3v) is 5.16. The van der Waals surface area contributed by atoms with Crippen molar-refractivity contribution in [3.05, 3.63) is 77.8 Å². The number of hydrogen-bond acceptors (Lipinski definition) is 5. The van der Waals surface area contributed by atoms with E-state index in [0.717, 1.165) is 10.1 Å². The Bertz CT molecular complexity index is 1180. The van der Waals surface area contributed by atoms with Gasteiger partial charge in [-0.05, 0) is 61.7 Å². The highest BCUT2D eigenvalue weighted by Gasteiger charge is 2.10. The summed E-state index contributed by atoms with van der Waals surface area (Å²) in [6.07, 6.45) is 1.61. The lowest BCUT2D eigenvalue weighted by Crippen LogP contribution is -2.36. The molecular formula is C19H15Br2N3O4. The highest BCUT2D eigenvalue weighted by Crippen LogP contribution is 2.34. The summed E-state index contributed by atoms with van der Waals surface area (Å²) in [5.41, 5.74) is 0.309. The van der Waals surface area contributed by atoms with Crippen LogP contribution in [0.25, 0.3) is 0 Å². The van der Waals surface area contributed by atoms with E-state index in [2.05, 4.69) is 36.9 Å². The molecule has 0 aliphatic rings. The van der Waals surface area contributed by atoms with Crippen LogP contribution in [-0.4, -0.2) is 20.5 Å². The lowest BCUT2D eigenvalue weighted by Gasteiger charge is -2.12. The Balaban J connectivity index is 1.97. The average molecular weight is 509 g/mol. The predicted octanol–water partition coefficient (Wildman–Crippen LogP) is 3.86. The molecule has 0 fully saturated rings. The molecule has 0 aliphatic heterocycles. The number of ether oxygens (including phenoxy) is 1.